The molecule has 0 aromatic carbocycles. The molecule has 0 saturated carbocycles. The highest BCUT2D eigenvalue weighted by atomic mass is 31.2. The molecule has 0 aliphatic carbocycles. The van der Waals surface area contributed by atoms with Crippen molar-refractivity contribution in [2.24, 2.45) is 0 Å². The zero-order valence-corrected chi connectivity index (χ0v) is 59.8. The zero-order valence-electron chi connectivity index (χ0n) is 58.9. The van der Waals surface area contributed by atoms with Crippen LogP contribution in [-0.4, -0.2) is 70.0 Å². The van der Waals surface area contributed by atoms with Gasteiger partial charge in [-0.3, -0.25) is 14.2 Å². The van der Waals surface area contributed by atoms with Crippen molar-refractivity contribution in [2.45, 2.75) is 380 Å². The second-order valence-corrected chi connectivity index (χ2v) is 28.4. The highest BCUT2D eigenvalue weighted by Crippen LogP contribution is 2.38. The topological polar surface area (TPSA) is 111 Å². The molecule has 9 nitrogen and oxygen atoms in total. The first-order valence-electron chi connectivity index (χ1n) is 38.0. The van der Waals surface area contributed by atoms with E-state index in [9.17, 15) is 19.0 Å². The minimum Gasteiger partial charge on any atom is -0.756 e. The molecule has 0 aliphatic heterocycles. The second-order valence-electron chi connectivity index (χ2n) is 27.0. The average Bonchev–Trinajstić information content (AvgIpc) is 3.68. The van der Waals surface area contributed by atoms with Crippen LogP contribution in [0, 0.1) is 0 Å². The number of allylic oxidation sites excluding steroid dienone is 10. The number of quaternary nitrogens is 1. The molecule has 88 heavy (non-hydrogen) atoms. The summed E-state index contributed by atoms with van der Waals surface area (Å²) < 4.78 is 34.3. The van der Waals surface area contributed by atoms with Crippen LogP contribution in [-0.2, 0) is 32.7 Å². The van der Waals surface area contributed by atoms with Crippen LogP contribution >= 0.6 is 7.82 Å². The molecular formula is C78H146NO8P. The first kappa shape index (κ1) is 85.7. The lowest BCUT2D eigenvalue weighted by Crippen LogP contribution is -2.37. The summed E-state index contributed by atoms with van der Waals surface area (Å²) >= 11 is 0. The van der Waals surface area contributed by atoms with Gasteiger partial charge in [-0.1, -0.05) is 364 Å². The largest absolute Gasteiger partial charge is 0.756 e. The number of esters is 2. The fourth-order valence-corrected chi connectivity index (χ4v) is 12.0. The van der Waals surface area contributed by atoms with Crippen molar-refractivity contribution in [2.75, 3.05) is 47.5 Å². The number of phosphoric ester groups is 1. The van der Waals surface area contributed by atoms with Crippen molar-refractivity contribution >= 4 is 19.8 Å². The van der Waals surface area contributed by atoms with Gasteiger partial charge in [-0.2, -0.15) is 0 Å². The van der Waals surface area contributed by atoms with Gasteiger partial charge < -0.3 is 27.9 Å². The van der Waals surface area contributed by atoms with E-state index >= 15 is 0 Å². The Morgan fingerprint density at radius 1 is 0.364 bits per heavy atom. The maximum Gasteiger partial charge on any atom is 0.306 e. The SMILES string of the molecule is CC/C=C\C/C=C\C/C=C\C/C=C\C/C=C\CCCCCCCCCC(=O)OC(COC(=O)CCCCCCCCCCCCCCCCCCCCCCCCCCCCCCCCCCCCCCCCCCC)COP(=O)([O-])OCC[N+](C)(C)C. The highest BCUT2D eigenvalue weighted by Gasteiger charge is 2.22. The predicted octanol–water partition coefficient (Wildman–Crippen LogP) is 24.3. The summed E-state index contributed by atoms with van der Waals surface area (Å²) in [6.45, 7) is 4.17. The maximum absolute atomic E-state index is 12.9. The van der Waals surface area contributed by atoms with Crippen LogP contribution in [0.15, 0.2) is 60.8 Å². The molecule has 0 heterocycles. The van der Waals surface area contributed by atoms with Gasteiger partial charge in [0.15, 0.2) is 6.10 Å². The molecule has 2 atom stereocenters. The Kier molecular flexibility index (Phi) is 67.3. The number of unbranched alkanes of at least 4 members (excludes halogenated alkanes) is 47. The van der Waals surface area contributed by atoms with Crippen molar-refractivity contribution < 1.29 is 42.1 Å². The fraction of sp³-hybridized carbons (Fsp3) is 0.846. The summed E-state index contributed by atoms with van der Waals surface area (Å²) in [5, 5.41) is 0. The van der Waals surface area contributed by atoms with Gasteiger partial charge in [0.2, 0.25) is 0 Å². The summed E-state index contributed by atoms with van der Waals surface area (Å²) in [5.41, 5.74) is 0. The number of carbonyl (C=O) groups excluding carboxylic acids is 2. The van der Waals surface area contributed by atoms with E-state index in [0.29, 0.717) is 17.4 Å². The van der Waals surface area contributed by atoms with Crippen molar-refractivity contribution in [3.63, 3.8) is 0 Å². The minimum absolute atomic E-state index is 0.0339. The molecule has 0 N–H and O–H groups in total. The Hall–Kier alpha value is -2.29. The highest BCUT2D eigenvalue weighted by molar-refractivity contribution is 7.45. The van der Waals surface area contributed by atoms with E-state index in [1.807, 2.05) is 21.1 Å². The normalized spacial score (nSPS) is 13.4. The number of likely N-dealkylation sites (N-methyl/N-ethyl adjacent to an activating group) is 1. The van der Waals surface area contributed by atoms with E-state index < -0.39 is 26.5 Å². The van der Waals surface area contributed by atoms with Crippen molar-refractivity contribution in [3.8, 4) is 0 Å². The molecule has 0 radical (unpaired) electrons. The van der Waals surface area contributed by atoms with Crippen molar-refractivity contribution in [1.29, 1.82) is 0 Å². The van der Waals surface area contributed by atoms with E-state index in [2.05, 4.69) is 74.6 Å². The van der Waals surface area contributed by atoms with Gasteiger partial charge in [0, 0.05) is 12.8 Å². The van der Waals surface area contributed by atoms with E-state index in [4.69, 9.17) is 18.5 Å². The molecule has 0 fully saturated rings. The smallest absolute Gasteiger partial charge is 0.306 e. The maximum atomic E-state index is 12.9. The van der Waals surface area contributed by atoms with Crippen LogP contribution in [0.5, 0.6) is 0 Å². The van der Waals surface area contributed by atoms with Crippen LogP contribution in [0.25, 0.3) is 0 Å². The number of nitrogens with zero attached hydrogens (tertiary/aromatic N) is 1. The van der Waals surface area contributed by atoms with Crippen LogP contribution in [0.1, 0.15) is 373 Å². The fourth-order valence-electron chi connectivity index (χ4n) is 11.3. The lowest BCUT2D eigenvalue weighted by molar-refractivity contribution is -0.870. The number of carbonyl (C=O) groups is 2. The number of rotatable bonds is 71. The second kappa shape index (κ2) is 69.1. The molecule has 0 amide bonds. The molecule has 0 rings (SSSR count). The number of hydrogen-bond donors (Lipinski definition) is 0. The van der Waals surface area contributed by atoms with Gasteiger partial charge in [-0.05, 0) is 57.8 Å². The standard InChI is InChI=1S/C78H146NO8P/c1-6-8-10-12-14-16-18-20-22-24-26-28-30-31-32-33-34-35-36-37-38-39-40-41-42-43-44-45-46-47-49-50-52-54-56-58-60-62-64-66-68-70-77(80)84-74-76(75-86-88(82,83)85-73-72-79(3,4)5)87-78(81)71-69-67-65-63-61-59-57-55-53-51-48-29-27-25-23-21-19-17-15-13-11-9-7-2/h9,11,15,17,21,23,27,29,51,53,76H,6-8,10,12-14,16,18-20,22,24-26,28,30-50,52,54-75H2,1-5H3/b11-9-,17-15-,23-21-,29-27-,53-51-. The van der Waals surface area contributed by atoms with E-state index in [-0.39, 0.29) is 32.0 Å². The molecule has 2 unspecified atom stereocenters. The zero-order chi connectivity index (χ0) is 64.1. The summed E-state index contributed by atoms with van der Waals surface area (Å²) in [6, 6.07) is 0. The predicted molar refractivity (Wildman–Crippen MR) is 379 cm³/mol. The monoisotopic (exact) mass is 1260 g/mol. The molecule has 0 spiro atoms. The molecule has 516 valence electrons. The van der Waals surface area contributed by atoms with Gasteiger partial charge in [-0.15, -0.1) is 0 Å². The summed E-state index contributed by atoms with van der Waals surface area (Å²) in [6.07, 6.45) is 92.1. The van der Waals surface area contributed by atoms with E-state index in [0.717, 1.165) is 77.0 Å². The molecule has 0 aromatic heterocycles. The Balaban J connectivity index is 3.88. The van der Waals surface area contributed by atoms with Crippen LogP contribution in [0.3, 0.4) is 0 Å². The number of hydrogen-bond acceptors (Lipinski definition) is 8. The third-order valence-corrected chi connectivity index (χ3v) is 18.0. The quantitative estimate of drug-likeness (QED) is 0.0195. The lowest BCUT2D eigenvalue weighted by atomic mass is 10.0. The van der Waals surface area contributed by atoms with Crippen LogP contribution in [0.4, 0.5) is 0 Å². The number of ether oxygens (including phenoxy) is 2. The van der Waals surface area contributed by atoms with Crippen molar-refractivity contribution in [1.82, 2.24) is 0 Å². The van der Waals surface area contributed by atoms with Gasteiger partial charge >= 0.3 is 11.9 Å². The Bertz CT molecular complexity index is 1670. The average molecular weight is 1260 g/mol. The minimum atomic E-state index is -4.65. The Morgan fingerprint density at radius 3 is 0.966 bits per heavy atom. The molecular weight excluding hydrogens is 1110 g/mol. The first-order chi connectivity index (χ1) is 43.0. The molecule has 0 aromatic rings. The van der Waals surface area contributed by atoms with Gasteiger partial charge in [0.25, 0.3) is 7.82 Å². The summed E-state index contributed by atoms with van der Waals surface area (Å²) in [4.78, 5) is 38.1. The Morgan fingerprint density at radius 2 is 0.648 bits per heavy atom. The van der Waals surface area contributed by atoms with E-state index in [1.54, 1.807) is 0 Å². The van der Waals surface area contributed by atoms with Crippen molar-refractivity contribution in [3.05, 3.63) is 60.8 Å². The van der Waals surface area contributed by atoms with E-state index in [1.165, 1.54) is 263 Å². The van der Waals surface area contributed by atoms with Gasteiger partial charge in [-0.25, -0.2) is 0 Å². The van der Waals surface area contributed by atoms with Gasteiger partial charge in [0.05, 0.1) is 27.7 Å². The summed E-state index contributed by atoms with van der Waals surface area (Å²) in [5.74, 6) is -0.833. The molecule has 0 bridgehead atoms. The Labute approximate surface area is 546 Å². The third-order valence-electron chi connectivity index (χ3n) is 17.1. The van der Waals surface area contributed by atoms with Crippen LogP contribution < -0.4 is 4.89 Å². The molecule has 0 saturated heterocycles. The number of phosphoric acid groups is 1. The van der Waals surface area contributed by atoms with Crippen LogP contribution in [0.2, 0.25) is 0 Å². The molecule has 0 aliphatic rings. The van der Waals surface area contributed by atoms with Gasteiger partial charge in [0.1, 0.15) is 19.8 Å². The lowest BCUT2D eigenvalue weighted by Gasteiger charge is -2.28. The first-order valence-corrected chi connectivity index (χ1v) is 39.5. The molecule has 10 heteroatoms. The summed E-state index contributed by atoms with van der Waals surface area (Å²) in [7, 11) is 1.17. The third kappa shape index (κ3) is 72.8.